The first-order valence-electron chi connectivity index (χ1n) is 33.0. The normalized spacial score (nSPS) is 11.9. The van der Waals surface area contributed by atoms with Crippen molar-refractivity contribution < 1.29 is 28.6 Å². The van der Waals surface area contributed by atoms with Crippen molar-refractivity contribution in [1.29, 1.82) is 0 Å². The van der Waals surface area contributed by atoms with E-state index in [1.165, 1.54) is 283 Å². The van der Waals surface area contributed by atoms with Gasteiger partial charge < -0.3 is 14.2 Å². The Morgan fingerprint density at radius 3 is 0.556 bits per heavy atom. The monoisotopic (exact) mass is 1020 g/mol. The second kappa shape index (κ2) is 62.0. The van der Waals surface area contributed by atoms with Crippen molar-refractivity contribution in [1.82, 2.24) is 0 Å². The smallest absolute Gasteiger partial charge is 0.306 e. The summed E-state index contributed by atoms with van der Waals surface area (Å²) in [5, 5.41) is 0. The molecule has 428 valence electrons. The fourth-order valence-electron chi connectivity index (χ4n) is 10.4. The lowest BCUT2D eigenvalue weighted by molar-refractivity contribution is -0.167. The minimum atomic E-state index is -0.760. The highest BCUT2D eigenvalue weighted by Gasteiger charge is 2.19. The number of carbonyl (C=O) groups excluding carboxylic acids is 3. The Morgan fingerprint density at radius 1 is 0.222 bits per heavy atom. The molecule has 1 atom stereocenters. The molecule has 0 N–H and O–H groups in total. The van der Waals surface area contributed by atoms with Gasteiger partial charge in [0.15, 0.2) is 6.10 Å². The molecule has 0 spiro atoms. The van der Waals surface area contributed by atoms with Crippen molar-refractivity contribution in [2.45, 2.75) is 393 Å². The number of hydrogen-bond acceptors (Lipinski definition) is 6. The van der Waals surface area contributed by atoms with E-state index < -0.39 is 6.10 Å². The lowest BCUT2D eigenvalue weighted by atomic mass is 10.0. The highest BCUT2D eigenvalue weighted by atomic mass is 16.6. The van der Waals surface area contributed by atoms with E-state index in [1.807, 2.05) is 0 Å². The third kappa shape index (κ3) is 59.3. The highest BCUT2D eigenvalue weighted by molar-refractivity contribution is 5.71. The Morgan fingerprint density at radius 2 is 0.375 bits per heavy atom. The molecule has 0 aliphatic rings. The van der Waals surface area contributed by atoms with Crippen LogP contribution in [0.5, 0.6) is 0 Å². The Labute approximate surface area is 450 Å². The number of esters is 3. The first-order valence-corrected chi connectivity index (χ1v) is 33.0. The molecule has 0 saturated carbocycles. The van der Waals surface area contributed by atoms with E-state index in [0.29, 0.717) is 19.3 Å². The van der Waals surface area contributed by atoms with E-state index in [9.17, 15) is 14.4 Å². The van der Waals surface area contributed by atoms with Crippen molar-refractivity contribution in [3.63, 3.8) is 0 Å². The summed E-state index contributed by atoms with van der Waals surface area (Å²) in [6.07, 6.45) is 71.9. The summed E-state index contributed by atoms with van der Waals surface area (Å²) < 4.78 is 16.8. The summed E-state index contributed by atoms with van der Waals surface area (Å²) in [6.45, 7) is 6.64. The number of ether oxygens (including phenoxy) is 3. The predicted molar refractivity (Wildman–Crippen MR) is 312 cm³/mol. The van der Waals surface area contributed by atoms with Gasteiger partial charge in [0.05, 0.1) is 0 Å². The van der Waals surface area contributed by atoms with Crippen LogP contribution < -0.4 is 0 Å². The SMILES string of the molecule is CCCCCCCCCCCCCCCCCCCCCCCCCCCCCCCCC(=O)OCC(COC(=O)CCCCCCC)OC(=O)CCCCCCCCCCCCCCCCCCCCC. The molecule has 1 unspecified atom stereocenters. The lowest BCUT2D eigenvalue weighted by Crippen LogP contribution is -2.30. The van der Waals surface area contributed by atoms with E-state index in [1.54, 1.807) is 0 Å². The van der Waals surface area contributed by atoms with Gasteiger partial charge in [0.2, 0.25) is 0 Å². The van der Waals surface area contributed by atoms with Crippen LogP contribution in [0.1, 0.15) is 387 Å². The molecule has 0 heterocycles. The Balaban J connectivity index is 3.89. The first-order chi connectivity index (χ1) is 35.5. The van der Waals surface area contributed by atoms with Gasteiger partial charge in [0, 0.05) is 19.3 Å². The van der Waals surface area contributed by atoms with Gasteiger partial charge in [0.25, 0.3) is 0 Å². The largest absolute Gasteiger partial charge is 0.462 e. The van der Waals surface area contributed by atoms with Crippen LogP contribution in [0.2, 0.25) is 0 Å². The maximum Gasteiger partial charge on any atom is 0.306 e. The molecule has 72 heavy (non-hydrogen) atoms. The summed E-state index contributed by atoms with van der Waals surface area (Å²) in [4.78, 5) is 37.9. The number of hydrogen-bond donors (Lipinski definition) is 0. The molecule has 0 fully saturated rings. The van der Waals surface area contributed by atoms with Crippen molar-refractivity contribution in [2.24, 2.45) is 0 Å². The van der Waals surface area contributed by atoms with Gasteiger partial charge in [0.1, 0.15) is 13.2 Å². The Hall–Kier alpha value is -1.59. The van der Waals surface area contributed by atoms with Gasteiger partial charge in [-0.1, -0.05) is 348 Å². The summed E-state index contributed by atoms with van der Waals surface area (Å²) >= 11 is 0. The van der Waals surface area contributed by atoms with E-state index in [4.69, 9.17) is 14.2 Å². The lowest BCUT2D eigenvalue weighted by Gasteiger charge is -2.18. The van der Waals surface area contributed by atoms with Gasteiger partial charge >= 0.3 is 17.9 Å². The molecule has 0 bridgehead atoms. The van der Waals surface area contributed by atoms with E-state index >= 15 is 0 Å². The van der Waals surface area contributed by atoms with Crippen LogP contribution in [0.15, 0.2) is 0 Å². The molecule has 0 aromatic rings. The molecular weight excluding hydrogens is 889 g/mol. The minimum absolute atomic E-state index is 0.0624. The van der Waals surface area contributed by atoms with E-state index in [-0.39, 0.29) is 31.1 Å². The van der Waals surface area contributed by atoms with Crippen molar-refractivity contribution in [2.75, 3.05) is 13.2 Å². The summed E-state index contributed by atoms with van der Waals surface area (Å²) in [5.41, 5.74) is 0. The van der Waals surface area contributed by atoms with Gasteiger partial charge in [-0.15, -0.1) is 0 Å². The van der Waals surface area contributed by atoms with Gasteiger partial charge in [-0.2, -0.15) is 0 Å². The second-order valence-corrected chi connectivity index (χ2v) is 22.8. The molecule has 0 rings (SSSR count). The Kier molecular flexibility index (Phi) is 60.6. The summed E-state index contributed by atoms with van der Waals surface area (Å²) in [5.74, 6) is -0.846. The van der Waals surface area contributed by atoms with Crippen molar-refractivity contribution in [3.05, 3.63) is 0 Å². The fourth-order valence-corrected chi connectivity index (χ4v) is 10.4. The minimum Gasteiger partial charge on any atom is -0.462 e. The predicted octanol–water partition coefficient (Wildman–Crippen LogP) is 22.3. The Bertz CT molecular complexity index is 1080. The zero-order valence-electron chi connectivity index (χ0n) is 49.2. The zero-order chi connectivity index (χ0) is 52.2. The molecule has 6 nitrogen and oxygen atoms in total. The van der Waals surface area contributed by atoms with Gasteiger partial charge in [-0.05, 0) is 19.3 Å². The average Bonchev–Trinajstić information content (AvgIpc) is 3.38. The maximum atomic E-state index is 12.8. The quantitative estimate of drug-likeness (QED) is 0.0343. The molecular formula is C66H128O6. The molecule has 0 aromatic carbocycles. The average molecular weight is 1020 g/mol. The zero-order valence-corrected chi connectivity index (χ0v) is 49.2. The molecule has 0 aromatic heterocycles. The third-order valence-corrected chi connectivity index (χ3v) is 15.4. The van der Waals surface area contributed by atoms with Crippen LogP contribution in [-0.2, 0) is 28.6 Å². The van der Waals surface area contributed by atoms with Crippen LogP contribution in [0, 0.1) is 0 Å². The van der Waals surface area contributed by atoms with Crippen LogP contribution in [-0.4, -0.2) is 37.2 Å². The van der Waals surface area contributed by atoms with E-state index in [2.05, 4.69) is 20.8 Å². The molecule has 0 aliphatic heterocycles. The number of unbranched alkanes of at least 4 members (excludes halogenated alkanes) is 51. The highest BCUT2D eigenvalue weighted by Crippen LogP contribution is 2.19. The number of rotatable bonds is 62. The summed E-state index contributed by atoms with van der Waals surface area (Å²) in [6, 6.07) is 0. The van der Waals surface area contributed by atoms with Crippen molar-refractivity contribution >= 4 is 17.9 Å². The standard InChI is InChI=1S/C66H128O6/c1-4-7-10-13-15-17-19-21-23-25-27-28-29-30-31-32-33-34-35-36-37-39-40-42-44-46-48-50-53-56-59-65(68)71-62-63(61-70-64(67)58-55-52-12-9-6-3)72-66(69)60-57-54-51-49-47-45-43-41-38-26-24-22-20-18-16-14-11-8-5-2/h63H,4-62H2,1-3H3. The van der Waals surface area contributed by atoms with Crippen LogP contribution >= 0.6 is 0 Å². The van der Waals surface area contributed by atoms with Crippen LogP contribution in [0.4, 0.5) is 0 Å². The van der Waals surface area contributed by atoms with E-state index in [0.717, 1.165) is 64.2 Å². The van der Waals surface area contributed by atoms with Crippen LogP contribution in [0.25, 0.3) is 0 Å². The summed E-state index contributed by atoms with van der Waals surface area (Å²) in [7, 11) is 0. The van der Waals surface area contributed by atoms with Crippen molar-refractivity contribution in [3.8, 4) is 0 Å². The molecule has 6 heteroatoms. The van der Waals surface area contributed by atoms with Crippen LogP contribution in [0.3, 0.4) is 0 Å². The number of carbonyl (C=O) groups is 3. The molecule has 0 radical (unpaired) electrons. The van der Waals surface area contributed by atoms with Gasteiger partial charge in [-0.3, -0.25) is 14.4 Å². The molecule has 0 saturated heterocycles. The second-order valence-electron chi connectivity index (χ2n) is 22.8. The molecule has 0 amide bonds. The topological polar surface area (TPSA) is 78.9 Å². The van der Waals surface area contributed by atoms with Gasteiger partial charge in [-0.25, -0.2) is 0 Å². The molecule has 0 aliphatic carbocycles. The maximum absolute atomic E-state index is 12.8. The first kappa shape index (κ1) is 70.4. The fraction of sp³-hybridized carbons (Fsp3) is 0.955. The third-order valence-electron chi connectivity index (χ3n) is 15.4.